The van der Waals surface area contributed by atoms with E-state index in [-0.39, 0.29) is 11.4 Å². The number of hydrogen-bond donors (Lipinski definition) is 3. The number of carbonyl (C=O) groups is 1. The van der Waals surface area contributed by atoms with Crippen LogP contribution in [0.2, 0.25) is 0 Å². The van der Waals surface area contributed by atoms with Crippen LogP contribution in [-0.4, -0.2) is 27.2 Å². The van der Waals surface area contributed by atoms with Gasteiger partial charge in [-0.25, -0.2) is 4.98 Å². The molecule has 0 radical (unpaired) electrons. The second kappa shape index (κ2) is 8.52. The summed E-state index contributed by atoms with van der Waals surface area (Å²) in [7, 11) is 0. The molecule has 0 aliphatic rings. The van der Waals surface area contributed by atoms with Crippen LogP contribution < -0.4 is 10.5 Å². The molecule has 0 spiro atoms. The first-order chi connectivity index (χ1) is 14.1. The summed E-state index contributed by atoms with van der Waals surface area (Å²) in [6, 6.07) is 15.6. The maximum absolute atomic E-state index is 12.6. The summed E-state index contributed by atoms with van der Waals surface area (Å²) in [5.74, 6) is -0.419. The average molecular weight is 418 g/mol. The molecule has 1 heterocycles. The fraction of sp³-hybridized carbons (Fsp3) is 0.143. The van der Waals surface area contributed by atoms with Crippen LogP contribution in [0, 0.1) is 0 Å². The van der Waals surface area contributed by atoms with Crippen molar-refractivity contribution in [1.82, 2.24) is 4.98 Å². The third-order valence-electron chi connectivity index (χ3n) is 4.23. The number of rotatable bonds is 6. The quantitative estimate of drug-likeness (QED) is 0.569. The van der Waals surface area contributed by atoms with E-state index in [2.05, 4.69) is 4.98 Å². The molecule has 30 heavy (non-hydrogen) atoms. The average Bonchev–Trinajstić information content (AvgIpc) is 2.73. The van der Waals surface area contributed by atoms with Crippen LogP contribution >= 0.6 is 0 Å². The highest BCUT2D eigenvalue weighted by molar-refractivity contribution is 5.79. The predicted octanol–water partition coefficient (Wildman–Crippen LogP) is 3.44. The Kier molecular flexibility index (Phi) is 6.04. The summed E-state index contributed by atoms with van der Waals surface area (Å²) < 4.78 is 43.4. The van der Waals surface area contributed by atoms with E-state index in [1.807, 2.05) is 0 Å². The second-order valence-electron chi connectivity index (χ2n) is 6.39. The summed E-state index contributed by atoms with van der Waals surface area (Å²) in [5.41, 5.74) is 5.41. The summed E-state index contributed by atoms with van der Waals surface area (Å²) in [4.78, 5) is 15.3. The van der Waals surface area contributed by atoms with Crippen molar-refractivity contribution in [3.8, 4) is 22.8 Å². The Bertz CT molecular complexity index is 1020. The Morgan fingerprint density at radius 3 is 2.03 bits per heavy atom. The molecule has 6 nitrogen and oxygen atoms in total. The molecule has 3 aromatic rings. The van der Waals surface area contributed by atoms with Gasteiger partial charge >= 0.3 is 6.18 Å². The molecule has 3 rings (SSSR count). The Hall–Kier alpha value is -3.43. The Morgan fingerprint density at radius 2 is 1.50 bits per heavy atom. The van der Waals surface area contributed by atoms with Crippen molar-refractivity contribution in [3.05, 3.63) is 78.0 Å². The van der Waals surface area contributed by atoms with Crippen molar-refractivity contribution in [3.63, 3.8) is 0 Å². The number of halogens is 3. The lowest BCUT2D eigenvalue weighted by atomic mass is 10.1. The minimum absolute atomic E-state index is 0.0730. The third-order valence-corrected chi connectivity index (χ3v) is 4.23. The van der Waals surface area contributed by atoms with E-state index in [0.29, 0.717) is 17.0 Å². The number of hydrogen-bond acceptors (Lipinski definition) is 5. The van der Waals surface area contributed by atoms with Crippen LogP contribution in [0.3, 0.4) is 0 Å². The van der Waals surface area contributed by atoms with Crippen LogP contribution in [0.25, 0.3) is 11.3 Å². The molecule has 0 bridgehead atoms. The molecule has 0 aliphatic heterocycles. The topological polar surface area (TPSA) is 106 Å². The minimum Gasteiger partial charge on any atom is -0.457 e. The summed E-state index contributed by atoms with van der Waals surface area (Å²) in [5, 5.41) is 19.6. The van der Waals surface area contributed by atoms with Gasteiger partial charge in [0.25, 0.3) is 0 Å². The van der Waals surface area contributed by atoms with Crippen LogP contribution in [0.1, 0.15) is 17.4 Å². The molecule has 1 amide bonds. The van der Waals surface area contributed by atoms with Crippen molar-refractivity contribution in [2.45, 2.75) is 18.4 Å². The largest absolute Gasteiger partial charge is 0.457 e. The van der Waals surface area contributed by atoms with E-state index in [4.69, 9.17) is 10.5 Å². The number of aliphatic hydroxyl groups excluding tert-OH is 2. The maximum atomic E-state index is 12.6. The van der Waals surface area contributed by atoms with Crippen molar-refractivity contribution in [2.24, 2.45) is 5.73 Å². The Balaban J connectivity index is 1.74. The van der Waals surface area contributed by atoms with Gasteiger partial charge in [-0.1, -0.05) is 6.07 Å². The highest BCUT2D eigenvalue weighted by atomic mass is 19.4. The van der Waals surface area contributed by atoms with Crippen molar-refractivity contribution >= 4 is 5.91 Å². The molecule has 4 N–H and O–H groups in total. The lowest BCUT2D eigenvalue weighted by molar-refractivity contribution is -0.137. The number of aliphatic hydroxyl groups is 2. The molecular formula is C21H17F3N2O4. The van der Waals surface area contributed by atoms with E-state index < -0.39 is 29.9 Å². The Morgan fingerprint density at radius 1 is 0.933 bits per heavy atom. The van der Waals surface area contributed by atoms with Gasteiger partial charge in [-0.15, -0.1) is 0 Å². The van der Waals surface area contributed by atoms with Gasteiger partial charge in [-0.05, 0) is 60.7 Å². The smallest absolute Gasteiger partial charge is 0.416 e. The van der Waals surface area contributed by atoms with Crippen LogP contribution in [0.15, 0.2) is 66.7 Å². The lowest BCUT2D eigenvalue weighted by Crippen LogP contribution is -2.34. The van der Waals surface area contributed by atoms with E-state index in [9.17, 15) is 28.2 Å². The monoisotopic (exact) mass is 418 g/mol. The fourth-order valence-electron chi connectivity index (χ4n) is 2.64. The number of nitrogens with zero attached hydrogens (tertiary/aromatic N) is 1. The summed E-state index contributed by atoms with van der Waals surface area (Å²) in [6.45, 7) is 0. The molecule has 0 unspecified atom stereocenters. The summed E-state index contributed by atoms with van der Waals surface area (Å²) in [6.07, 6.45) is -7.76. The third kappa shape index (κ3) is 4.94. The molecular weight excluding hydrogens is 401 g/mol. The SMILES string of the molecule is NC(=O)[C@@H](O)[C@H](O)c1cccc(-c2ccc(Oc3ccc(C(F)(F)F)cc3)cc2)n1. The number of primary amides is 1. The van der Waals surface area contributed by atoms with Gasteiger partial charge in [0.15, 0.2) is 6.10 Å². The van der Waals surface area contributed by atoms with Crippen LogP contribution in [0.5, 0.6) is 11.5 Å². The highest BCUT2D eigenvalue weighted by Gasteiger charge is 2.30. The standard InChI is InChI=1S/C21H17F3N2O4/c22-21(23,24)13-6-10-15(11-7-13)30-14-8-4-12(5-9-14)16-2-1-3-17(26-16)18(27)19(28)20(25)29/h1-11,18-19,27-28H,(H2,25,29)/t18-,19+/m1/s1. The molecule has 0 aliphatic carbocycles. The van der Waals surface area contributed by atoms with Gasteiger partial charge in [0.1, 0.15) is 17.6 Å². The number of alkyl halides is 3. The number of ether oxygens (including phenoxy) is 1. The highest BCUT2D eigenvalue weighted by Crippen LogP contribution is 2.32. The van der Waals surface area contributed by atoms with Gasteiger partial charge in [-0.3, -0.25) is 4.79 Å². The van der Waals surface area contributed by atoms with Crippen LogP contribution in [-0.2, 0) is 11.0 Å². The first-order valence-electron chi connectivity index (χ1n) is 8.73. The van der Waals surface area contributed by atoms with Crippen molar-refractivity contribution in [1.29, 1.82) is 0 Å². The van der Waals surface area contributed by atoms with Gasteiger partial charge in [0.2, 0.25) is 5.91 Å². The van der Waals surface area contributed by atoms with Crippen LogP contribution in [0.4, 0.5) is 13.2 Å². The predicted molar refractivity (Wildman–Crippen MR) is 101 cm³/mol. The molecule has 0 saturated heterocycles. The number of pyridine rings is 1. The second-order valence-corrected chi connectivity index (χ2v) is 6.39. The van der Waals surface area contributed by atoms with E-state index in [0.717, 1.165) is 12.1 Å². The number of benzene rings is 2. The van der Waals surface area contributed by atoms with E-state index >= 15 is 0 Å². The van der Waals surface area contributed by atoms with E-state index in [1.54, 1.807) is 36.4 Å². The van der Waals surface area contributed by atoms with Gasteiger partial charge in [0, 0.05) is 5.56 Å². The van der Waals surface area contributed by atoms with Gasteiger partial charge in [-0.2, -0.15) is 13.2 Å². The number of carbonyl (C=O) groups excluding carboxylic acids is 1. The zero-order valence-electron chi connectivity index (χ0n) is 15.4. The molecule has 0 fully saturated rings. The molecule has 2 aromatic carbocycles. The normalized spacial score (nSPS) is 13.5. The van der Waals surface area contributed by atoms with E-state index in [1.165, 1.54) is 18.2 Å². The first-order valence-corrected chi connectivity index (χ1v) is 8.73. The van der Waals surface area contributed by atoms with Crippen molar-refractivity contribution < 1.29 is 32.9 Å². The minimum atomic E-state index is -4.41. The first kappa shape index (κ1) is 21.3. The Labute approximate surface area is 169 Å². The zero-order valence-corrected chi connectivity index (χ0v) is 15.4. The lowest BCUT2D eigenvalue weighted by Gasteiger charge is -2.15. The molecule has 9 heteroatoms. The van der Waals surface area contributed by atoms with Gasteiger partial charge < -0.3 is 20.7 Å². The zero-order chi connectivity index (χ0) is 21.9. The number of aromatic nitrogens is 1. The molecule has 0 saturated carbocycles. The summed E-state index contributed by atoms with van der Waals surface area (Å²) >= 11 is 0. The molecule has 1 aromatic heterocycles. The molecule has 2 atom stereocenters. The molecule has 156 valence electrons. The fourth-order valence-corrected chi connectivity index (χ4v) is 2.64. The maximum Gasteiger partial charge on any atom is 0.416 e. The number of nitrogens with two attached hydrogens (primary N) is 1. The van der Waals surface area contributed by atoms with Crippen molar-refractivity contribution in [2.75, 3.05) is 0 Å². The number of amides is 1. The van der Waals surface area contributed by atoms with Gasteiger partial charge in [0.05, 0.1) is 17.0 Å².